The maximum atomic E-state index is 11.6. The molecule has 2 nitrogen and oxygen atoms in total. The quantitative estimate of drug-likeness (QED) is 0.230. The summed E-state index contributed by atoms with van der Waals surface area (Å²) in [5, 5.41) is 0. The van der Waals surface area contributed by atoms with Crippen molar-refractivity contribution < 1.29 is 9.53 Å². The predicted molar refractivity (Wildman–Crippen MR) is 105 cm³/mol. The monoisotopic (exact) mass is 332 g/mol. The molecule has 136 valence electrons. The van der Waals surface area contributed by atoms with Gasteiger partial charge in [-0.3, -0.25) is 4.79 Å². The summed E-state index contributed by atoms with van der Waals surface area (Å²) in [4.78, 5) is 11.6. The zero-order chi connectivity index (χ0) is 18.1. The van der Waals surface area contributed by atoms with E-state index in [2.05, 4.69) is 55.5 Å². The van der Waals surface area contributed by atoms with Gasteiger partial charge in [-0.2, -0.15) is 0 Å². The number of rotatable bonds is 12. The van der Waals surface area contributed by atoms with Crippen molar-refractivity contribution in [3.8, 4) is 0 Å². The van der Waals surface area contributed by atoms with Crippen molar-refractivity contribution in [1.29, 1.82) is 0 Å². The lowest BCUT2D eigenvalue weighted by Gasteiger charge is -2.16. The first kappa shape index (κ1) is 22.4. The van der Waals surface area contributed by atoms with Crippen molar-refractivity contribution in [3.63, 3.8) is 0 Å². The molecule has 2 heteroatoms. The van der Waals surface area contributed by atoms with Gasteiger partial charge in [-0.15, -0.1) is 0 Å². The number of unbranched alkanes of at least 4 members (excludes halogenated alkanes) is 2. The third kappa shape index (κ3) is 15.3. The molecule has 24 heavy (non-hydrogen) atoms. The van der Waals surface area contributed by atoms with Crippen LogP contribution in [0.5, 0.6) is 0 Å². The Morgan fingerprint density at radius 3 is 1.79 bits per heavy atom. The summed E-state index contributed by atoms with van der Waals surface area (Å²) in [6, 6.07) is 0. The van der Waals surface area contributed by atoms with Gasteiger partial charge >= 0.3 is 5.97 Å². The topological polar surface area (TPSA) is 26.3 Å². The molecule has 0 heterocycles. The van der Waals surface area contributed by atoms with E-state index in [0.29, 0.717) is 6.61 Å². The summed E-state index contributed by atoms with van der Waals surface area (Å²) < 4.78 is 5.24. The first-order chi connectivity index (χ1) is 11.5. The minimum atomic E-state index is -0.395. The second-order valence-electron chi connectivity index (χ2n) is 6.88. The van der Waals surface area contributed by atoms with Gasteiger partial charge in [0.25, 0.3) is 0 Å². The van der Waals surface area contributed by atoms with Gasteiger partial charge in [-0.1, -0.05) is 55.5 Å². The zero-order valence-corrected chi connectivity index (χ0v) is 16.1. The molecule has 0 amide bonds. The van der Waals surface area contributed by atoms with Gasteiger partial charge in [0.05, 0.1) is 12.0 Å². The lowest BCUT2D eigenvalue weighted by molar-refractivity contribution is -0.153. The Bertz CT molecular complexity index is 420. The maximum absolute atomic E-state index is 11.6. The van der Waals surface area contributed by atoms with Crippen molar-refractivity contribution in [3.05, 3.63) is 48.6 Å². The summed E-state index contributed by atoms with van der Waals surface area (Å²) in [6.45, 7) is 8.32. The van der Waals surface area contributed by atoms with E-state index >= 15 is 0 Å². The average molecular weight is 333 g/mol. The van der Waals surface area contributed by atoms with Crippen molar-refractivity contribution in [2.75, 3.05) is 6.61 Å². The Morgan fingerprint density at radius 2 is 1.29 bits per heavy atom. The van der Waals surface area contributed by atoms with Crippen LogP contribution in [0.1, 0.15) is 72.6 Å². The van der Waals surface area contributed by atoms with Crippen molar-refractivity contribution in [1.82, 2.24) is 0 Å². The van der Waals surface area contributed by atoms with Gasteiger partial charge in [0.15, 0.2) is 0 Å². The number of carbonyl (C=O) groups excluding carboxylic acids is 1. The summed E-state index contributed by atoms with van der Waals surface area (Å²) in [7, 11) is 0. The van der Waals surface area contributed by atoms with Crippen molar-refractivity contribution in [2.45, 2.75) is 72.6 Å². The van der Waals surface area contributed by atoms with E-state index in [1.807, 2.05) is 20.8 Å². The molecule has 0 bridgehead atoms. The van der Waals surface area contributed by atoms with Gasteiger partial charge in [0, 0.05) is 0 Å². The summed E-state index contributed by atoms with van der Waals surface area (Å²) >= 11 is 0. The first-order valence-electron chi connectivity index (χ1n) is 9.25. The highest BCUT2D eigenvalue weighted by Gasteiger charge is 2.22. The van der Waals surface area contributed by atoms with Gasteiger partial charge in [0.2, 0.25) is 0 Å². The molecule has 0 saturated heterocycles. The molecule has 0 aromatic heterocycles. The Hall–Kier alpha value is -1.57. The molecule has 0 spiro atoms. The fourth-order valence-electron chi connectivity index (χ4n) is 1.84. The highest BCUT2D eigenvalue weighted by Crippen LogP contribution is 2.15. The van der Waals surface area contributed by atoms with Crippen LogP contribution in [0, 0.1) is 5.41 Å². The van der Waals surface area contributed by atoms with Crippen LogP contribution in [0.3, 0.4) is 0 Å². The molecular weight excluding hydrogens is 296 g/mol. The van der Waals surface area contributed by atoms with E-state index in [1.165, 1.54) is 0 Å². The zero-order valence-electron chi connectivity index (χ0n) is 16.1. The first-order valence-corrected chi connectivity index (χ1v) is 9.25. The number of hydrogen-bond acceptors (Lipinski definition) is 2. The molecule has 0 unspecified atom stereocenters. The molecule has 0 aromatic carbocycles. The van der Waals surface area contributed by atoms with E-state index in [4.69, 9.17) is 4.74 Å². The van der Waals surface area contributed by atoms with Crippen LogP contribution in [0.4, 0.5) is 0 Å². The molecule has 0 radical (unpaired) electrons. The van der Waals surface area contributed by atoms with Crippen LogP contribution in [0.25, 0.3) is 0 Å². The van der Waals surface area contributed by atoms with E-state index in [9.17, 15) is 4.79 Å². The summed E-state index contributed by atoms with van der Waals surface area (Å²) in [6.07, 6.45) is 24.8. The third-order valence-electron chi connectivity index (χ3n) is 3.33. The van der Waals surface area contributed by atoms with E-state index < -0.39 is 5.41 Å². The molecule has 0 saturated carbocycles. The van der Waals surface area contributed by atoms with Gasteiger partial charge < -0.3 is 4.74 Å². The highest BCUT2D eigenvalue weighted by atomic mass is 16.5. The fraction of sp³-hybridized carbons (Fsp3) is 0.591. The lowest BCUT2D eigenvalue weighted by atomic mass is 9.97. The van der Waals surface area contributed by atoms with Crippen LogP contribution in [0.15, 0.2) is 48.6 Å². The highest BCUT2D eigenvalue weighted by molar-refractivity contribution is 5.75. The SMILES string of the molecule is CC/C=C\C/C=C\C/C=C\C/C=C\CCCCOC(=O)C(C)(C)C. The van der Waals surface area contributed by atoms with E-state index in [0.717, 1.165) is 44.9 Å². The summed E-state index contributed by atoms with van der Waals surface area (Å²) in [5.41, 5.74) is -0.395. The molecule has 0 N–H and O–H groups in total. The Balaban J connectivity index is 3.48. The number of hydrogen-bond donors (Lipinski definition) is 0. The van der Waals surface area contributed by atoms with E-state index in [1.54, 1.807) is 0 Å². The molecule has 0 aliphatic heterocycles. The Kier molecular flexibility index (Phi) is 14.0. The number of ether oxygens (including phenoxy) is 1. The minimum absolute atomic E-state index is 0.112. The second-order valence-corrected chi connectivity index (χ2v) is 6.88. The lowest BCUT2D eigenvalue weighted by Crippen LogP contribution is -2.23. The fourth-order valence-corrected chi connectivity index (χ4v) is 1.84. The van der Waals surface area contributed by atoms with Crippen LogP contribution in [-0.4, -0.2) is 12.6 Å². The largest absolute Gasteiger partial charge is 0.465 e. The number of carbonyl (C=O) groups is 1. The number of allylic oxidation sites excluding steroid dienone is 8. The number of esters is 1. The molecule has 0 rings (SSSR count). The maximum Gasteiger partial charge on any atom is 0.311 e. The molecule has 0 aliphatic carbocycles. The Labute approximate surface area is 149 Å². The molecular formula is C22H36O2. The smallest absolute Gasteiger partial charge is 0.311 e. The molecule has 0 aromatic rings. The molecule has 0 atom stereocenters. The average Bonchev–Trinajstić information content (AvgIpc) is 2.53. The van der Waals surface area contributed by atoms with Crippen molar-refractivity contribution in [2.24, 2.45) is 5.41 Å². The summed E-state index contributed by atoms with van der Waals surface area (Å²) in [5.74, 6) is -0.112. The van der Waals surface area contributed by atoms with Gasteiger partial charge in [-0.25, -0.2) is 0 Å². The molecule has 0 fully saturated rings. The van der Waals surface area contributed by atoms with Crippen LogP contribution < -0.4 is 0 Å². The van der Waals surface area contributed by atoms with Crippen molar-refractivity contribution >= 4 is 5.97 Å². The Morgan fingerprint density at radius 1 is 0.792 bits per heavy atom. The van der Waals surface area contributed by atoms with Crippen LogP contribution in [-0.2, 0) is 9.53 Å². The third-order valence-corrected chi connectivity index (χ3v) is 3.33. The van der Waals surface area contributed by atoms with Crippen LogP contribution in [0.2, 0.25) is 0 Å². The molecule has 0 aliphatic rings. The van der Waals surface area contributed by atoms with Gasteiger partial charge in [0.1, 0.15) is 0 Å². The van der Waals surface area contributed by atoms with E-state index in [-0.39, 0.29) is 5.97 Å². The predicted octanol–water partition coefficient (Wildman–Crippen LogP) is 6.55. The normalized spacial score (nSPS) is 13.0. The standard InChI is InChI=1S/C22H36O2/c1-5-6-7-8-9-10-11-12-13-14-15-16-17-18-19-20-24-21(23)22(2,3)4/h6-7,9-10,12-13,15-16H,5,8,11,14,17-20H2,1-4H3/b7-6-,10-9-,13-12-,16-15-. The second kappa shape index (κ2) is 15.0. The van der Waals surface area contributed by atoms with Crippen LogP contribution >= 0.6 is 0 Å². The van der Waals surface area contributed by atoms with Gasteiger partial charge in [-0.05, 0) is 65.7 Å². The minimum Gasteiger partial charge on any atom is -0.465 e.